The Balaban J connectivity index is 2.41. The largest absolute Gasteiger partial charge is 0.464 e. The van der Waals surface area contributed by atoms with Gasteiger partial charge >= 0.3 is 5.97 Å². The van der Waals surface area contributed by atoms with Crippen molar-refractivity contribution in [2.45, 2.75) is 0 Å². The molecule has 5 heteroatoms. The van der Waals surface area contributed by atoms with Gasteiger partial charge in [-0.25, -0.2) is 4.79 Å². The molecule has 0 fully saturated rings. The number of nitrogens with zero attached hydrogens (tertiary/aromatic N) is 1. The number of aromatic nitrogens is 1. The van der Waals surface area contributed by atoms with Crippen LogP contribution in [0, 0.1) is 0 Å². The van der Waals surface area contributed by atoms with Crippen molar-refractivity contribution >= 4 is 34.5 Å². The Morgan fingerprint density at radius 2 is 1.94 bits per heavy atom. The second kappa shape index (κ2) is 4.79. The predicted molar refractivity (Wildman–Crippen MR) is 75.0 cm³/mol. The third kappa shape index (κ3) is 2.44. The number of esters is 1. The normalized spacial score (nSPS) is 10.2. The summed E-state index contributed by atoms with van der Waals surface area (Å²) in [6.45, 7) is 0. The number of anilines is 1. The standard InChI is InChI=1S/C12H11IN2O2/c1-17-12(16)11-6-9(7-15(11)13)8-2-4-10(14)5-3-8/h2-7H,14H2,1H3. The van der Waals surface area contributed by atoms with Crippen molar-refractivity contribution in [2.24, 2.45) is 0 Å². The number of hydrogen-bond donors (Lipinski definition) is 1. The van der Waals surface area contributed by atoms with Crippen LogP contribution in [0.4, 0.5) is 5.69 Å². The summed E-state index contributed by atoms with van der Waals surface area (Å²) < 4.78 is 6.42. The molecule has 0 saturated carbocycles. The van der Waals surface area contributed by atoms with E-state index < -0.39 is 0 Å². The van der Waals surface area contributed by atoms with Crippen molar-refractivity contribution in [3.05, 3.63) is 42.2 Å². The molecule has 0 spiro atoms. The molecule has 0 amide bonds. The SMILES string of the molecule is COC(=O)c1cc(-c2ccc(N)cc2)cn1I. The Bertz CT molecular complexity index is 546. The Labute approximate surface area is 113 Å². The van der Waals surface area contributed by atoms with E-state index in [1.165, 1.54) is 7.11 Å². The van der Waals surface area contributed by atoms with E-state index >= 15 is 0 Å². The summed E-state index contributed by atoms with van der Waals surface area (Å²) in [5, 5.41) is 0. The monoisotopic (exact) mass is 342 g/mol. The molecule has 0 atom stereocenters. The fourth-order valence-corrected chi connectivity index (χ4v) is 2.16. The van der Waals surface area contributed by atoms with E-state index in [-0.39, 0.29) is 5.97 Å². The predicted octanol–water partition coefficient (Wildman–Crippen LogP) is 2.72. The lowest BCUT2D eigenvalue weighted by molar-refractivity contribution is 0.0594. The van der Waals surface area contributed by atoms with Crippen LogP contribution in [0.1, 0.15) is 10.5 Å². The van der Waals surface area contributed by atoms with E-state index in [9.17, 15) is 4.79 Å². The maximum absolute atomic E-state index is 11.5. The molecule has 4 nitrogen and oxygen atoms in total. The Kier molecular flexibility index (Phi) is 3.37. The van der Waals surface area contributed by atoms with Gasteiger partial charge in [-0.3, -0.25) is 2.78 Å². The van der Waals surface area contributed by atoms with Gasteiger partial charge in [-0.1, -0.05) is 12.1 Å². The highest BCUT2D eigenvalue weighted by Gasteiger charge is 2.13. The van der Waals surface area contributed by atoms with Crippen molar-refractivity contribution < 1.29 is 9.53 Å². The van der Waals surface area contributed by atoms with Crippen LogP contribution < -0.4 is 5.73 Å². The minimum Gasteiger partial charge on any atom is -0.464 e. The number of hydrogen-bond acceptors (Lipinski definition) is 3. The Hall–Kier alpha value is -1.50. The number of nitrogens with two attached hydrogens (primary N) is 1. The lowest BCUT2D eigenvalue weighted by atomic mass is 10.1. The number of carbonyl (C=O) groups is 1. The van der Waals surface area contributed by atoms with Crippen molar-refractivity contribution in [3.63, 3.8) is 0 Å². The van der Waals surface area contributed by atoms with Gasteiger partial charge in [0.1, 0.15) is 5.69 Å². The zero-order valence-electron chi connectivity index (χ0n) is 9.18. The molecule has 0 aliphatic rings. The first kappa shape index (κ1) is 12.0. The summed E-state index contributed by atoms with van der Waals surface area (Å²) >= 11 is 2.04. The average Bonchev–Trinajstić information content (AvgIpc) is 2.71. The molecule has 0 aliphatic carbocycles. The molecule has 0 unspecified atom stereocenters. The van der Waals surface area contributed by atoms with E-state index in [2.05, 4.69) is 0 Å². The van der Waals surface area contributed by atoms with Gasteiger partial charge in [-0.2, -0.15) is 0 Å². The summed E-state index contributed by atoms with van der Waals surface area (Å²) in [6, 6.07) is 9.30. The van der Waals surface area contributed by atoms with E-state index in [4.69, 9.17) is 10.5 Å². The van der Waals surface area contributed by atoms with E-state index in [0.29, 0.717) is 5.69 Å². The molecule has 17 heavy (non-hydrogen) atoms. The molecule has 88 valence electrons. The molecule has 0 saturated heterocycles. The first-order chi connectivity index (χ1) is 8.11. The Morgan fingerprint density at radius 3 is 2.53 bits per heavy atom. The van der Waals surface area contributed by atoms with Gasteiger partial charge in [-0.05, 0) is 23.8 Å². The van der Waals surface area contributed by atoms with Crippen molar-refractivity contribution in [2.75, 3.05) is 12.8 Å². The zero-order valence-corrected chi connectivity index (χ0v) is 11.3. The third-order valence-corrected chi connectivity index (χ3v) is 3.21. The Morgan fingerprint density at radius 1 is 1.29 bits per heavy atom. The van der Waals surface area contributed by atoms with Crippen LogP contribution in [0.2, 0.25) is 0 Å². The van der Waals surface area contributed by atoms with Gasteiger partial charge in [0.2, 0.25) is 0 Å². The van der Waals surface area contributed by atoms with Crippen molar-refractivity contribution in [1.82, 2.24) is 2.78 Å². The number of rotatable bonds is 2. The molecule has 2 rings (SSSR count). The minimum atomic E-state index is -0.346. The van der Waals surface area contributed by atoms with Crippen LogP contribution >= 0.6 is 22.9 Å². The molecule has 2 N–H and O–H groups in total. The lowest BCUT2D eigenvalue weighted by Gasteiger charge is -1.97. The van der Waals surface area contributed by atoms with E-state index in [1.807, 2.05) is 53.3 Å². The molecule has 0 aliphatic heterocycles. The van der Waals surface area contributed by atoms with Gasteiger partial charge in [0.15, 0.2) is 0 Å². The van der Waals surface area contributed by atoms with Crippen LogP contribution in [0.5, 0.6) is 0 Å². The average molecular weight is 342 g/mol. The number of benzene rings is 1. The second-order valence-electron chi connectivity index (χ2n) is 3.54. The van der Waals surface area contributed by atoms with Crippen LogP contribution in [0.3, 0.4) is 0 Å². The quantitative estimate of drug-likeness (QED) is 0.519. The van der Waals surface area contributed by atoms with Crippen LogP contribution in [0.25, 0.3) is 11.1 Å². The molecular formula is C12H11IN2O2. The number of halogens is 1. The van der Waals surface area contributed by atoms with Crippen molar-refractivity contribution in [1.29, 1.82) is 0 Å². The first-order valence-corrected chi connectivity index (χ1v) is 5.91. The molecule has 1 aromatic heterocycles. The molecule has 0 radical (unpaired) electrons. The molecule has 1 heterocycles. The minimum absolute atomic E-state index is 0.346. The number of methoxy groups -OCH3 is 1. The number of nitrogen functional groups attached to an aromatic ring is 1. The van der Waals surface area contributed by atoms with Crippen LogP contribution in [0.15, 0.2) is 36.5 Å². The first-order valence-electron chi connectivity index (χ1n) is 4.94. The summed E-state index contributed by atoms with van der Waals surface area (Å²) in [5.41, 5.74) is 8.83. The molecule has 2 aromatic rings. The highest BCUT2D eigenvalue weighted by atomic mass is 127. The van der Waals surface area contributed by atoms with Crippen LogP contribution in [-0.2, 0) is 4.74 Å². The lowest BCUT2D eigenvalue weighted by Crippen LogP contribution is -2.03. The van der Waals surface area contributed by atoms with E-state index in [0.717, 1.165) is 16.8 Å². The highest BCUT2D eigenvalue weighted by molar-refractivity contribution is 14.1. The molecule has 0 bridgehead atoms. The zero-order chi connectivity index (χ0) is 12.4. The van der Waals surface area contributed by atoms with Gasteiger partial charge in [-0.15, -0.1) is 0 Å². The van der Waals surface area contributed by atoms with Gasteiger partial charge < -0.3 is 10.5 Å². The van der Waals surface area contributed by atoms with Crippen LogP contribution in [-0.4, -0.2) is 15.9 Å². The fourth-order valence-electron chi connectivity index (χ4n) is 1.52. The summed E-state index contributed by atoms with van der Waals surface area (Å²) in [6.07, 6.45) is 1.87. The van der Waals surface area contributed by atoms with E-state index in [1.54, 1.807) is 8.85 Å². The fraction of sp³-hybridized carbons (Fsp3) is 0.0833. The second-order valence-corrected chi connectivity index (χ2v) is 4.58. The molecule has 1 aromatic carbocycles. The maximum atomic E-state index is 11.5. The number of carbonyl (C=O) groups excluding carboxylic acids is 1. The molecular weight excluding hydrogens is 331 g/mol. The summed E-state index contributed by atoms with van der Waals surface area (Å²) in [7, 11) is 1.37. The van der Waals surface area contributed by atoms with Crippen molar-refractivity contribution in [3.8, 4) is 11.1 Å². The van der Waals surface area contributed by atoms with Gasteiger partial charge in [0.25, 0.3) is 0 Å². The van der Waals surface area contributed by atoms with Gasteiger partial charge in [0, 0.05) is 17.4 Å². The number of ether oxygens (including phenoxy) is 1. The maximum Gasteiger partial charge on any atom is 0.355 e. The smallest absolute Gasteiger partial charge is 0.355 e. The topological polar surface area (TPSA) is 57.2 Å². The highest BCUT2D eigenvalue weighted by Crippen LogP contribution is 2.24. The summed E-state index contributed by atoms with van der Waals surface area (Å²) in [4.78, 5) is 11.5. The van der Waals surface area contributed by atoms with Gasteiger partial charge in [0.05, 0.1) is 30.0 Å². The third-order valence-electron chi connectivity index (χ3n) is 2.41. The summed E-state index contributed by atoms with van der Waals surface area (Å²) in [5.74, 6) is -0.346.